The predicted octanol–water partition coefficient (Wildman–Crippen LogP) is 5.51. The number of aliphatic imine (C=N–C) groups is 1. The summed E-state index contributed by atoms with van der Waals surface area (Å²) in [6.07, 6.45) is 2.65. The second-order valence-corrected chi connectivity index (χ2v) is 7.89. The van der Waals surface area contributed by atoms with Gasteiger partial charge in [0, 0.05) is 6.21 Å². The SMILES string of the molecule is CC(C)(N=CC1(c2ccccc2)CC1(Cl)Cl)c1ccccc1. The first-order valence-corrected chi connectivity index (χ1v) is 8.18. The summed E-state index contributed by atoms with van der Waals surface area (Å²) in [4.78, 5) is 4.84. The van der Waals surface area contributed by atoms with Gasteiger partial charge in [-0.05, 0) is 31.4 Å². The van der Waals surface area contributed by atoms with Gasteiger partial charge in [0.2, 0.25) is 0 Å². The molecule has 1 aliphatic rings. The Balaban J connectivity index is 1.93. The van der Waals surface area contributed by atoms with E-state index in [0.29, 0.717) is 6.42 Å². The van der Waals surface area contributed by atoms with Gasteiger partial charge < -0.3 is 0 Å². The molecule has 1 unspecified atom stereocenters. The highest BCUT2D eigenvalue weighted by Gasteiger charge is 2.66. The Kier molecular flexibility index (Phi) is 3.82. The fourth-order valence-corrected chi connectivity index (χ4v) is 3.50. The molecule has 1 nitrogen and oxygen atoms in total. The van der Waals surface area contributed by atoms with E-state index in [-0.39, 0.29) is 11.0 Å². The Morgan fingerprint density at radius 2 is 1.45 bits per heavy atom. The number of rotatable bonds is 4. The molecule has 0 bridgehead atoms. The molecule has 2 aromatic carbocycles. The monoisotopic (exact) mass is 331 g/mol. The molecule has 0 N–H and O–H groups in total. The van der Waals surface area contributed by atoms with Crippen molar-refractivity contribution in [3.8, 4) is 0 Å². The highest BCUT2D eigenvalue weighted by atomic mass is 35.5. The van der Waals surface area contributed by atoms with Gasteiger partial charge in [-0.3, -0.25) is 4.99 Å². The van der Waals surface area contributed by atoms with Crippen LogP contribution >= 0.6 is 23.2 Å². The molecule has 3 rings (SSSR count). The maximum atomic E-state index is 6.45. The van der Waals surface area contributed by atoms with Crippen LogP contribution in [-0.2, 0) is 11.0 Å². The van der Waals surface area contributed by atoms with Gasteiger partial charge in [0.15, 0.2) is 0 Å². The molecule has 0 aliphatic heterocycles. The van der Waals surface area contributed by atoms with Crippen LogP contribution in [0, 0.1) is 0 Å². The third kappa shape index (κ3) is 2.68. The van der Waals surface area contributed by atoms with Gasteiger partial charge in [-0.25, -0.2) is 0 Å². The topological polar surface area (TPSA) is 12.4 Å². The van der Waals surface area contributed by atoms with Crippen LogP contribution in [0.5, 0.6) is 0 Å². The normalized spacial score (nSPS) is 23.6. The average Bonchev–Trinajstić information content (AvgIpc) is 3.10. The van der Waals surface area contributed by atoms with Gasteiger partial charge in [-0.15, -0.1) is 23.2 Å². The summed E-state index contributed by atoms with van der Waals surface area (Å²) in [6.45, 7) is 4.20. The van der Waals surface area contributed by atoms with Crippen molar-refractivity contribution in [3.05, 3.63) is 71.8 Å². The zero-order chi connectivity index (χ0) is 15.8. The van der Waals surface area contributed by atoms with Crippen molar-refractivity contribution in [1.29, 1.82) is 0 Å². The number of benzene rings is 2. The smallest absolute Gasteiger partial charge is 0.134 e. The maximum Gasteiger partial charge on any atom is 0.134 e. The predicted molar refractivity (Wildman–Crippen MR) is 95.1 cm³/mol. The first-order valence-electron chi connectivity index (χ1n) is 7.43. The molecule has 22 heavy (non-hydrogen) atoms. The van der Waals surface area contributed by atoms with E-state index in [1.165, 1.54) is 5.56 Å². The molecule has 1 aliphatic carbocycles. The molecule has 1 saturated carbocycles. The summed E-state index contributed by atoms with van der Waals surface area (Å²) in [7, 11) is 0. The quantitative estimate of drug-likeness (QED) is 0.517. The molecule has 3 heteroatoms. The van der Waals surface area contributed by atoms with Gasteiger partial charge in [0.05, 0.1) is 11.0 Å². The van der Waals surface area contributed by atoms with E-state index in [1.54, 1.807) is 0 Å². The van der Waals surface area contributed by atoms with E-state index in [4.69, 9.17) is 28.2 Å². The summed E-state index contributed by atoms with van der Waals surface area (Å²) >= 11 is 12.9. The molecule has 0 heterocycles. The molecular weight excluding hydrogens is 313 g/mol. The van der Waals surface area contributed by atoms with Crippen LogP contribution in [0.2, 0.25) is 0 Å². The van der Waals surface area contributed by atoms with E-state index in [2.05, 4.69) is 38.1 Å². The van der Waals surface area contributed by atoms with Crippen LogP contribution in [0.4, 0.5) is 0 Å². The molecule has 0 amide bonds. The molecule has 1 atom stereocenters. The summed E-state index contributed by atoms with van der Waals surface area (Å²) in [6, 6.07) is 20.4. The van der Waals surface area contributed by atoms with Crippen molar-refractivity contribution in [2.45, 2.75) is 35.6 Å². The first-order chi connectivity index (χ1) is 10.4. The number of hydrogen-bond acceptors (Lipinski definition) is 1. The molecule has 1 fully saturated rings. The molecule has 0 saturated heterocycles. The molecule has 114 valence electrons. The number of nitrogens with zero attached hydrogens (tertiary/aromatic N) is 1. The second-order valence-electron chi connectivity index (χ2n) is 6.40. The second kappa shape index (κ2) is 5.40. The van der Waals surface area contributed by atoms with Crippen LogP contribution in [0.1, 0.15) is 31.4 Å². The third-order valence-electron chi connectivity index (χ3n) is 4.41. The largest absolute Gasteiger partial charge is 0.286 e. The number of hydrogen-bond donors (Lipinski definition) is 0. The van der Waals surface area contributed by atoms with Crippen LogP contribution < -0.4 is 0 Å². The maximum absolute atomic E-state index is 6.45. The zero-order valence-electron chi connectivity index (χ0n) is 12.8. The average molecular weight is 332 g/mol. The molecule has 0 spiro atoms. The van der Waals surface area contributed by atoms with Crippen LogP contribution in [0.3, 0.4) is 0 Å². The Labute approximate surface area is 142 Å². The Hall–Kier alpha value is -1.31. The van der Waals surface area contributed by atoms with E-state index in [9.17, 15) is 0 Å². The van der Waals surface area contributed by atoms with Crippen molar-refractivity contribution >= 4 is 29.4 Å². The van der Waals surface area contributed by atoms with Crippen molar-refractivity contribution in [1.82, 2.24) is 0 Å². The standard InChI is InChI=1S/C19H19Cl2N/c1-17(2,15-9-5-3-6-10-15)22-14-18(13-19(18,20)21)16-11-7-4-8-12-16/h3-12,14H,13H2,1-2H3. The first kappa shape index (κ1) is 15.6. The Morgan fingerprint density at radius 3 is 1.95 bits per heavy atom. The van der Waals surface area contributed by atoms with Gasteiger partial charge in [-0.1, -0.05) is 60.7 Å². The van der Waals surface area contributed by atoms with Gasteiger partial charge in [0.25, 0.3) is 0 Å². The lowest BCUT2D eigenvalue weighted by molar-refractivity contribution is 0.557. The van der Waals surface area contributed by atoms with Crippen LogP contribution in [-0.4, -0.2) is 10.5 Å². The Morgan fingerprint density at radius 1 is 0.955 bits per heavy atom. The molecule has 0 radical (unpaired) electrons. The highest BCUT2D eigenvalue weighted by molar-refractivity contribution is 6.53. The van der Waals surface area contributed by atoms with Crippen LogP contribution in [0.25, 0.3) is 0 Å². The minimum absolute atomic E-state index is 0.310. The number of alkyl halides is 2. The lowest BCUT2D eigenvalue weighted by Gasteiger charge is -2.22. The van der Waals surface area contributed by atoms with Gasteiger partial charge in [0.1, 0.15) is 4.33 Å². The van der Waals surface area contributed by atoms with E-state index in [0.717, 1.165) is 5.56 Å². The highest BCUT2D eigenvalue weighted by Crippen LogP contribution is 2.63. The summed E-state index contributed by atoms with van der Waals surface area (Å²) < 4.78 is -0.773. The third-order valence-corrected chi connectivity index (χ3v) is 5.35. The zero-order valence-corrected chi connectivity index (χ0v) is 14.3. The lowest BCUT2D eigenvalue weighted by atomic mass is 9.93. The molecule has 0 aromatic heterocycles. The van der Waals surface area contributed by atoms with Gasteiger partial charge in [-0.2, -0.15) is 0 Å². The molecule has 2 aromatic rings. The lowest BCUT2D eigenvalue weighted by Crippen LogP contribution is -2.21. The van der Waals surface area contributed by atoms with E-state index >= 15 is 0 Å². The Bertz CT molecular complexity index is 677. The van der Waals surface area contributed by atoms with Gasteiger partial charge >= 0.3 is 0 Å². The minimum atomic E-state index is -0.773. The minimum Gasteiger partial charge on any atom is -0.286 e. The number of halogens is 2. The van der Waals surface area contributed by atoms with Crippen molar-refractivity contribution in [2.75, 3.05) is 0 Å². The van der Waals surface area contributed by atoms with Crippen molar-refractivity contribution in [2.24, 2.45) is 4.99 Å². The summed E-state index contributed by atoms with van der Waals surface area (Å²) in [5.74, 6) is 0. The van der Waals surface area contributed by atoms with Crippen molar-refractivity contribution < 1.29 is 0 Å². The fourth-order valence-electron chi connectivity index (χ4n) is 2.76. The van der Waals surface area contributed by atoms with Crippen LogP contribution in [0.15, 0.2) is 65.7 Å². The molecular formula is C19H19Cl2N. The fraction of sp³-hybridized carbons (Fsp3) is 0.316. The summed E-state index contributed by atoms with van der Waals surface area (Å²) in [5.41, 5.74) is 1.59. The van der Waals surface area contributed by atoms with E-state index < -0.39 is 4.33 Å². The van der Waals surface area contributed by atoms with E-state index in [1.807, 2.05) is 42.6 Å². The van der Waals surface area contributed by atoms with Crippen molar-refractivity contribution in [3.63, 3.8) is 0 Å². The summed E-state index contributed by atoms with van der Waals surface area (Å²) in [5, 5.41) is 0.